The summed E-state index contributed by atoms with van der Waals surface area (Å²) in [6, 6.07) is 10.9. The molecule has 0 bridgehead atoms. The van der Waals surface area contributed by atoms with E-state index < -0.39 is 0 Å². The smallest absolute Gasteiger partial charge is 0.265 e. The largest absolute Gasteiger partial charge is 0.618 e. The Morgan fingerprint density at radius 1 is 1.34 bits per heavy atom. The van der Waals surface area contributed by atoms with Gasteiger partial charge in [-0.2, -0.15) is 4.73 Å². The predicted molar refractivity (Wildman–Crippen MR) is 129 cm³/mol. The number of amides is 2. The van der Waals surface area contributed by atoms with Crippen LogP contribution < -0.4 is 10.0 Å². The molecule has 1 aliphatic rings. The number of hydrogen-bond donors (Lipinski definition) is 1. The van der Waals surface area contributed by atoms with Crippen molar-refractivity contribution in [2.45, 2.75) is 31.3 Å². The summed E-state index contributed by atoms with van der Waals surface area (Å²) in [6.07, 6.45) is 2.21. The van der Waals surface area contributed by atoms with E-state index in [0.29, 0.717) is 28.0 Å². The van der Waals surface area contributed by atoms with E-state index in [2.05, 4.69) is 12.2 Å². The van der Waals surface area contributed by atoms with E-state index in [-0.39, 0.29) is 29.5 Å². The van der Waals surface area contributed by atoms with Crippen LogP contribution in [0.15, 0.2) is 47.6 Å². The number of aryl methyl sites for hydroxylation is 1. The molecule has 168 valence electrons. The van der Waals surface area contributed by atoms with Crippen molar-refractivity contribution in [2.24, 2.45) is 5.92 Å². The molecule has 4 rings (SSSR count). The van der Waals surface area contributed by atoms with Gasteiger partial charge in [-0.05, 0) is 48.7 Å². The number of aromatic nitrogens is 1. The zero-order chi connectivity index (χ0) is 22.8. The highest BCUT2D eigenvalue weighted by Gasteiger charge is 2.32. The predicted octanol–water partition coefficient (Wildman–Crippen LogP) is 4.26. The number of fused-ring (bicyclic) bond motifs is 1. The van der Waals surface area contributed by atoms with Crippen LogP contribution in [0.1, 0.15) is 28.6 Å². The highest BCUT2D eigenvalue weighted by molar-refractivity contribution is 7.99. The molecule has 2 amide bonds. The lowest BCUT2D eigenvalue weighted by Crippen LogP contribution is -2.53. The van der Waals surface area contributed by atoms with Gasteiger partial charge in [-0.15, -0.1) is 11.3 Å². The Kier molecular flexibility index (Phi) is 6.93. The normalized spacial score (nSPS) is 18.7. The summed E-state index contributed by atoms with van der Waals surface area (Å²) in [4.78, 5) is 28.1. The summed E-state index contributed by atoms with van der Waals surface area (Å²) in [5, 5.41) is 16.7. The molecule has 6 nitrogen and oxygen atoms in total. The quantitative estimate of drug-likeness (QED) is 0.330. The molecule has 0 spiro atoms. The molecule has 9 heteroatoms. The van der Waals surface area contributed by atoms with Crippen molar-refractivity contribution in [1.29, 1.82) is 0 Å². The summed E-state index contributed by atoms with van der Waals surface area (Å²) in [6.45, 7) is 5.16. The van der Waals surface area contributed by atoms with E-state index in [9.17, 15) is 14.8 Å². The van der Waals surface area contributed by atoms with Crippen LogP contribution in [0.4, 0.5) is 0 Å². The van der Waals surface area contributed by atoms with Crippen molar-refractivity contribution >= 4 is 56.6 Å². The van der Waals surface area contributed by atoms with Crippen LogP contribution in [0.2, 0.25) is 5.02 Å². The van der Waals surface area contributed by atoms with Crippen LogP contribution in [-0.4, -0.2) is 41.6 Å². The van der Waals surface area contributed by atoms with Crippen LogP contribution in [0, 0.1) is 18.0 Å². The Hall–Kier alpha value is -2.29. The molecular weight excluding hydrogens is 466 g/mol. The fourth-order valence-electron chi connectivity index (χ4n) is 3.81. The third-order valence-corrected chi connectivity index (χ3v) is 8.37. The van der Waals surface area contributed by atoms with Gasteiger partial charge in [0.1, 0.15) is 4.88 Å². The third-order valence-electron chi connectivity index (χ3n) is 5.71. The number of halogens is 1. The minimum Gasteiger partial charge on any atom is -0.618 e. The van der Waals surface area contributed by atoms with Gasteiger partial charge in [0.05, 0.1) is 10.8 Å². The number of benzene rings is 1. The number of carbonyl (C=O) groups excluding carboxylic acids is 2. The Bertz CT molecular complexity index is 1170. The molecule has 3 aromatic rings. The zero-order valence-electron chi connectivity index (χ0n) is 17.8. The summed E-state index contributed by atoms with van der Waals surface area (Å²) in [7, 11) is 0. The third kappa shape index (κ3) is 4.87. The van der Waals surface area contributed by atoms with Gasteiger partial charge < -0.3 is 15.4 Å². The summed E-state index contributed by atoms with van der Waals surface area (Å²) in [5.74, 6) is 0.145. The van der Waals surface area contributed by atoms with E-state index in [1.807, 2.05) is 25.1 Å². The fourth-order valence-corrected chi connectivity index (χ4v) is 6.11. The average Bonchev–Trinajstić information content (AvgIpc) is 3.09. The lowest BCUT2D eigenvalue weighted by atomic mass is 9.93. The Labute approximate surface area is 200 Å². The maximum absolute atomic E-state index is 13.3. The van der Waals surface area contributed by atoms with Crippen LogP contribution in [0.5, 0.6) is 0 Å². The Balaban J connectivity index is 1.41. The van der Waals surface area contributed by atoms with Gasteiger partial charge in [0.15, 0.2) is 6.20 Å². The number of nitrogens with zero attached hydrogens (tertiary/aromatic N) is 2. The monoisotopic (exact) mass is 489 g/mol. The minimum atomic E-state index is -0.152. The molecule has 1 N–H and O–H groups in total. The number of thioether (sulfide) groups is 1. The van der Waals surface area contributed by atoms with Crippen molar-refractivity contribution in [3.8, 4) is 0 Å². The maximum atomic E-state index is 13.3. The second-order valence-electron chi connectivity index (χ2n) is 8.09. The van der Waals surface area contributed by atoms with Crippen LogP contribution >= 0.6 is 34.7 Å². The van der Waals surface area contributed by atoms with E-state index in [4.69, 9.17) is 11.6 Å². The first-order valence-electron chi connectivity index (χ1n) is 10.4. The number of pyridine rings is 1. The number of nitrogens with one attached hydrogen (secondary N) is 1. The average molecular weight is 490 g/mol. The Morgan fingerprint density at radius 3 is 2.94 bits per heavy atom. The number of likely N-dealkylation sites (tertiary alicyclic amines) is 1. The van der Waals surface area contributed by atoms with Gasteiger partial charge in [-0.25, -0.2) is 0 Å². The summed E-state index contributed by atoms with van der Waals surface area (Å²) in [5.41, 5.74) is 1.12. The van der Waals surface area contributed by atoms with Gasteiger partial charge in [0, 0.05) is 41.4 Å². The van der Waals surface area contributed by atoms with Gasteiger partial charge in [0.25, 0.3) is 10.9 Å². The maximum Gasteiger partial charge on any atom is 0.265 e. The van der Waals surface area contributed by atoms with Crippen molar-refractivity contribution < 1.29 is 14.3 Å². The molecule has 32 heavy (non-hydrogen) atoms. The topological polar surface area (TPSA) is 76.4 Å². The van der Waals surface area contributed by atoms with Crippen molar-refractivity contribution in [2.75, 3.05) is 18.8 Å². The van der Waals surface area contributed by atoms with Gasteiger partial charge in [0.2, 0.25) is 5.91 Å². The molecular formula is C23H24ClN3O3S2. The van der Waals surface area contributed by atoms with Gasteiger partial charge >= 0.3 is 0 Å². The zero-order valence-corrected chi connectivity index (χ0v) is 20.2. The van der Waals surface area contributed by atoms with Gasteiger partial charge in [-0.3, -0.25) is 9.59 Å². The molecule has 1 aromatic carbocycles. The molecule has 1 aliphatic heterocycles. The Morgan fingerprint density at radius 2 is 2.16 bits per heavy atom. The number of rotatable bonds is 5. The molecule has 2 atom stereocenters. The fraction of sp³-hybridized carbons (Fsp3) is 0.348. The SMILES string of the molecule is Cc1ccc2c(Cl)c(C(=O)N3CCC(C)C(NC(=O)CSc4cccc[n+]4[O-])C3)sc2c1. The summed E-state index contributed by atoms with van der Waals surface area (Å²) < 4.78 is 1.75. The first kappa shape index (κ1) is 22.9. The summed E-state index contributed by atoms with van der Waals surface area (Å²) >= 11 is 9.16. The minimum absolute atomic E-state index is 0.0916. The first-order chi connectivity index (χ1) is 15.3. The molecule has 2 aromatic heterocycles. The first-order valence-corrected chi connectivity index (χ1v) is 12.6. The van der Waals surface area contributed by atoms with Gasteiger partial charge in [-0.1, -0.05) is 30.7 Å². The molecule has 0 saturated carbocycles. The van der Waals surface area contributed by atoms with E-state index in [1.54, 1.807) is 23.1 Å². The van der Waals surface area contributed by atoms with Crippen molar-refractivity contribution in [3.05, 3.63) is 63.3 Å². The highest BCUT2D eigenvalue weighted by atomic mass is 35.5. The van der Waals surface area contributed by atoms with Crippen molar-refractivity contribution in [1.82, 2.24) is 10.2 Å². The lowest BCUT2D eigenvalue weighted by molar-refractivity contribution is -0.645. The number of carbonyl (C=O) groups is 2. The van der Waals surface area contributed by atoms with Crippen molar-refractivity contribution in [3.63, 3.8) is 0 Å². The van der Waals surface area contributed by atoms with E-state index in [0.717, 1.165) is 26.8 Å². The molecule has 0 radical (unpaired) electrons. The van der Waals surface area contributed by atoms with E-state index in [1.165, 1.54) is 29.3 Å². The molecule has 1 saturated heterocycles. The molecule has 1 fully saturated rings. The standard InChI is InChI=1S/C23H24ClN3O3S2/c1-14-6-7-16-18(11-14)32-22(21(16)24)23(29)26-10-8-15(2)17(12-26)25-19(28)13-31-20-5-3-4-9-27(20)30/h3-7,9,11,15,17H,8,10,12-13H2,1-2H3,(H,25,28). The lowest BCUT2D eigenvalue weighted by Gasteiger charge is -2.37. The second kappa shape index (κ2) is 9.68. The molecule has 2 unspecified atom stereocenters. The molecule has 0 aliphatic carbocycles. The van der Waals surface area contributed by atoms with Crippen LogP contribution in [0.3, 0.4) is 0 Å². The number of thiophene rings is 1. The second-order valence-corrected chi connectivity index (χ2v) is 10.5. The highest BCUT2D eigenvalue weighted by Crippen LogP contribution is 2.37. The number of piperidine rings is 1. The van der Waals surface area contributed by atoms with Crippen LogP contribution in [-0.2, 0) is 4.79 Å². The number of hydrogen-bond acceptors (Lipinski definition) is 5. The van der Waals surface area contributed by atoms with Crippen LogP contribution in [0.25, 0.3) is 10.1 Å². The molecule has 3 heterocycles. The van der Waals surface area contributed by atoms with E-state index >= 15 is 0 Å².